The molecular formula is C19H25N5O. The Bertz CT molecular complexity index is 827. The molecule has 2 aliphatic carbocycles. The molecule has 25 heavy (non-hydrogen) atoms. The first-order valence-electron chi connectivity index (χ1n) is 9.56. The minimum atomic E-state index is 0.195. The number of imidazole rings is 1. The minimum Gasteiger partial charge on any atom is -0.314 e. The smallest absolute Gasteiger partial charge is 0.229 e. The number of amides is 1. The molecule has 132 valence electrons. The second kappa shape index (κ2) is 5.44. The third-order valence-electron chi connectivity index (χ3n) is 6.40. The number of hydrogen-bond donors (Lipinski definition) is 1. The fourth-order valence-electron chi connectivity index (χ4n) is 4.91. The molecule has 0 bridgehead atoms. The summed E-state index contributed by atoms with van der Waals surface area (Å²) in [4.78, 5) is 17.8. The Morgan fingerprint density at radius 1 is 1.28 bits per heavy atom. The molecule has 0 radical (unpaired) electrons. The summed E-state index contributed by atoms with van der Waals surface area (Å²) < 4.78 is 4.00. The molecule has 2 aromatic heterocycles. The molecule has 6 heteroatoms. The lowest BCUT2D eigenvalue weighted by atomic mass is 10.0. The van der Waals surface area contributed by atoms with E-state index in [0.717, 1.165) is 48.7 Å². The van der Waals surface area contributed by atoms with Crippen molar-refractivity contribution in [3.8, 4) is 11.3 Å². The van der Waals surface area contributed by atoms with Crippen LogP contribution >= 0.6 is 0 Å². The van der Waals surface area contributed by atoms with Gasteiger partial charge in [-0.1, -0.05) is 12.8 Å². The number of aromatic nitrogens is 4. The zero-order valence-corrected chi connectivity index (χ0v) is 14.8. The van der Waals surface area contributed by atoms with Gasteiger partial charge < -0.3 is 9.88 Å². The maximum absolute atomic E-state index is 12.9. The first-order valence-corrected chi connectivity index (χ1v) is 9.56. The van der Waals surface area contributed by atoms with Crippen molar-refractivity contribution in [3.63, 3.8) is 0 Å². The van der Waals surface area contributed by atoms with Gasteiger partial charge in [0.15, 0.2) is 0 Å². The van der Waals surface area contributed by atoms with E-state index in [9.17, 15) is 4.79 Å². The first-order chi connectivity index (χ1) is 12.2. The summed E-state index contributed by atoms with van der Waals surface area (Å²) in [6, 6.07) is 0. The van der Waals surface area contributed by atoms with Crippen LogP contribution in [0.1, 0.15) is 50.8 Å². The Hall–Kier alpha value is -2.11. The number of aryl methyl sites for hydroxylation is 2. The largest absolute Gasteiger partial charge is 0.314 e. The summed E-state index contributed by atoms with van der Waals surface area (Å²) in [5.74, 6) is 2.37. The van der Waals surface area contributed by atoms with E-state index < -0.39 is 0 Å². The van der Waals surface area contributed by atoms with Gasteiger partial charge in [-0.2, -0.15) is 5.10 Å². The van der Waals surface area contributed by atoms with Gasteiger partial charge in [-0.05, 0) is 37.5 Å². The van der Waals surface area contributed by atoms with Gasteiger partial charge in [-0.25, -0.2) is 4.98 Å². The molecule has 1 atom stereocenters. The average molecular weight is 339 g/mol. The zero-order chi connectivity index (χ0) is 17.0. The number of fused-ring (bicyclic) bond motifs is 1. The minimum absolute atomic E-state index is 0.195. The molecule has 0 saturated heterocycles. The molecular weight excluding hydrogens is 314 g/mol. The van der Waals surface area contributed by atoms with Gasteiger partial charge in [0.1, 0.15) is 17.3 Å². The van der Waals surface area contributed by atoms with Crippen molar-refractivity contribution < 1.29 is 4.79 Å². The molecule has 1 aliphatic heterocycles. The van der Waals surface area contributed by atoms with Crippen LogP contribution in [0.5, 0.6) is 0 Å². The molecule has 5 rings (SSSR count). The highest BCUT2D eigenvalue weighted by Crippen LogP contribution is 2.63. The molecule has 1 N–H and O–H groups in total. The lowest BCUT2D eigenvalue weighted by molar-refractivity contribution is -0.118. The van der Waals surface area contributed by atoms with Crippen LogP contribution in [0.3, 0.4) is 0 Å². The molecule has 0 aromatic carbocycles. The van der Waals surface area contributed by atoms with Crippen molar-refractivity contribution in [3.05, 3.63) is 18.2 Å². The summed E-state index contributed by atoms with van der Waals surface area (Å²) in [6.45, 7) is 0.939. The lowest BCUT2D eigenvalue weighted by Gasteiger charge is -2.17. The van der Waals surface area contributed by atoms with E-state index in [-0.39, 0.29) is 11.8 Å². The van der Waals surface area contributed by atoms with Crippen LogP contribution in [0.2, 0.25) is 0 Å². The number of rotatable bonds is 3. The Morgan fingerprint density at radius 2 is 2.12 bits per heavy atom. The molecule has 6 nitrogen and oxygen atoms in total. The van der Waals surface area contributed by atoms with Crippen molar-refractivity contribution in [2.75, 3.05) is 5.32 Å². The van der Waals surface area contributed by atoms with Crippen LogP contribution < -0.4 is 5.32 Å². The third kappa shape index (κ3) is 2.41. The summed E-state index contributed by atoms with van der Waals surface area (Å²) in [7, 11) is 1.91. The van der Waals surface area contributed by atoms with E-state index in [1.807, 2.05) is 19.4 Å². The molecule has 2 saturated carbocycles. The zero-order valence-electron chi connectivity index (χ0n) is 14.8. The second-order valence-corrected chi connectivity index (χ2v) is 8.05. The van der Waals surface area contributed by atoms with Gasteiger partial charge in [0.05, 0.1) is 6.20 Å². The predicted octanol–water partition coefficient (Wildman–Crippen LogP) is 3.14. The normalized spacial score (nSPS) is 23.6. The maximum Gasteiger partial charge on any atom is 0.229 e. The SMILES string of the molecule is Cn1cc(-c2nc3n(c2NC(=O)C2CC24CCCC4)CCCC3)cn1. The Kier molecular flexibility index (Phi) is 3.30. The van der Waals surface area contributed by atoms with Crippen LogP contribution in [-0.4, -0.2) is 25.2 Å². The lowest BCUT2D eigenvalue weighted by Crippen LogP contribution is -2.21. The molecule has 2 aromatic rings. The molecule has 3 heterocycles. The summed E-state index contributed by atoms with van der Waals surface area (Å²) in [5, 5.41) is 7.54. The van der Waals surface area contributed by atoms with Crippen molar-refractivity contribution in [2.45, 2.75) is 57.9 Å². The Balaban J connectivity index is 1.47. The number of anilines is 1. The molecule has 3 aliphatic rings. The number of nitrogens with zero attached hydrogens (tertiary/aromatic N) is 4. The van der Waals surface area contributed by atoms with E-state index in [1.54, 1.807) is 4.68 Å². The van der Waals surface area contributed by atoms with Gasteiger partial charge in [0.25, 0.3) is 0 Å². The summed E-state index contributed by atoms with van der Waals surface area (Å²) >= 11 is 0. The monoisotopic (exact) mass is 339 g/mol. The van der Waals surface area contributed by atoms with E-state index in [4.69, 9.17) is 4.98 Å². The van der Waals surface area contributed by atoms with Crippen LogP contribution in [0.4, 0.5) is 5.82 Å². The quantitative estimate of drug-likeness (QED) is 0.934. The topological polar surface area (TPSA) is 64.7 Å². The molecule has 1 unspecified atom stereocenters. The summed E-state index contributed by atoms with van der Waals surface area (Å²) in [6.07, 6.45) is 13.2. The van der Waals surface area contributed by atoms with Crippen molar-refractivity contribution in [1.29, 1.82) is 0 Å². The van der Waals surface area contributed by atoms with Gasteiger partial charge in [-0.3, -0.25) is 9.48 Å². The average Bonchev–Trinajstić information content (AvgIpc) is 2.97. The number of hydrogen-bond acceptors (Lipinski definition) is 3. The van der Waals surface area contributed by atoms with Crippen molar-refractivity contribution in [2.24, 2.45) is 18.4 Å². The van der Waals surface area contributed by atoms with E-state index in [0.29, 0.717) is 5.41 Å². The van der Waals surface area contributed by atoms with Gasteiger partial charge in [0, 0.05) is 37.7 Å². The van der Waals surface area contributed by atoms with Gasteiger partial charge in [-0.15, -0.1) is 0 Å². The van der Waals surface area contributed by atoms with Gasteiger partial charge in [0.2, 0.25) is 5.91 Å². The third-order valence-corrected chi connectivity index (χ3v) is 6.40. The highest BCUT2D eigenvalue weighted by Gasteiger charge is 2.58. The van der Waals surface area contributed by atoms with Crippen molar-refractivity contribution >= 4 is 11.7 Å². The standard InChI is InChI=1S/C19H25N5O/c1-23-12-13(11-20-23)16-17(24-9-5-2-6-15(24)21-16)22-18(25)14-10-19(14)7-3-4-8-19/h11-12,14H,2-10H2,1H3,(H,22,25). The highest BCUT2D eigenvalue weighted by atomic mass is 16.2. The Labute approximate surface area is 147 Å². The van der Waals surface area contributed by atoms with Crippen LogP contribution in [0.15, 0.2) is 12.4 Å². The number of carbonyl (C=O) groups excluding carboxylic acids is 1. The van der Waals surface area contributed by atoms with Crippen LogP contribution in [0, 0.1) is 11.3 Å². The van der Waals surface area contributed by atoms with E-state index in [1.165, 1.54) is 32.1 Å². The maximum atomic E-state index is 12.9. The first kappa shape index (κ1) is 15.2. The second-order valence-electron chi connectivity index (χ2n) is 8.05. The summed E-state index contributed by atoms with van der Waals surface area (Å²) in [5.41, 5.74) is 2.18. The fourth-order valence-corrected chi connectivity index (χ4v) is 4.91. The predicted molar refractivity (Wildman–Crippen MR) is 95.0 cm³/mol. The van der Waals surface area contributed by atoms with Gasteiger partial charge >= 0.3 is 0 Å². The van der Waals surface area contributed by atoms with E-state index in [2.05, 4.69) is 15.0 Å². The number of nitrogens with one attached hydrogen (secondary N) is 1. The van der Waals surface area contributed by atoms with Crippen LogP contribution in [-0.2, 0) is 24.8 Å². The molecule has 1 spiro atoms. The molecule has 1 amide bonds. The molecule has 2 fully saturated rings. The fraction of sp³-hybridized carbons (Fsp3) is 0.632. The Morgan fingerprint density at radius 3 is 2.88 bits per heavy atom. The van der Waals surface area contributed by atoms with Crippen LogP contribution in [0.25, 0.3) is 11.3 Å². The van der Waals surface area contributed by atoms with Crippen molar-refractivity contribution in [1.82, 2.24) is 19.3 Å². The number of carbonyl (C=O) groups is 1. The van der Waals surface area contributed by atoms with E-state index >= 15 is 0 Å². The highest BCUT2D eigenvalue weighted by molar-refractivity contribution is 5.97.